The van der Waals surface area contributed by atoms with Crippen molar-refractivity contribution in [2.75, 3.05) is 30.3 Å². The Hall–Kier alpha value is -4.40. The van der Waals surface area contributed by atoms with E-state index < -0.39 is 4.92 Å². The van der Waals surface area contributed by atoms with Crippen LogP contribution < -0.4 is 20.7 Å². The summed E-state index contributed by atoms with van der Waals surface area (Å²) < 4.78 is 5.59. The summed E-state index contributed by atoms with van der Waals surface area (Å²) in [5.41, 5.74) is 2.74. The number of nitro groups is 1. The number of para-hydroxylation sites is 1. The van der Waals surface area contributed by atoms with E-state index in [2.05, 4.69) is 16.0 Å². The van der Waals surface area contributed by atoms with Gasteiger partial charge in [0.2, 0.25) is 0 Å². The van der Waals surface area contributed by atoms with Crippen molar-refractivity contribution in [1.29, 1.82) is 0 Å². The van der Waals surface area contributed by atoms with Crippen LogP contribution in [0.15, 0.2) is 72.8 Å². The van der Waals surface area contributed by atoms with Crippen LogP contribution >= 0.6 is 0 Å². The second-order valence-electron chi connectivity index (χ2n) is 7.19. The Kier molecular flexibility index (Phi) is 7.96. The molecule has 0 aliphatic carbocycles. The second kappa shape index (κ2) is 11.3. The third kappa shape index (κ3) is 7.06. The predicted molar refractivity (Wildman–Crippen MR) is 126 cm³/mol. The van der Waals surface area contributed by atoms with Gasteiger partial charge in [0.15, 0.2) is 6.61 Å². The molecule has 0 unspecified atom stereocenters. The molecule has 170 valence electrons. The number of benzene rings is 3. The number of hydrogen-bond donors (Lipinski definition) is 3. The smallest absolute Gasteiger partial charge is 0.269 e. The van der Waals surface area contributed by atoms with E-state index in [1.165, 1.54) is 12.1 Å². The normalized spacial score (nSPS) is 10.2. The Morgan fingerprint density at radius 3 is 2.42 bits per heavy atom. The minimum Gasteiger partial charge on any atom is -0.483 e. The molecule has 0 fully saturated rings. The number of carbonyl (C=O) groups excluding carboxylic acids is 2. The molecule has 33 heavy (non-hydrogen) atoms. The number of hydrogen-bond acceptors (Lipinski definition) is 6. The van der Waals surface area contributed by atoms with E-state index in [1.807, 2.05) is 25.1 Å². The lowest BCUT2D eigenvalue weighted by atomic mass is 10.2. The molecule has 0 spiro atoms. The molecule has 0 bridgehead atoms. The molecular formula is C24H24N4O5. The van der Waals surface area contributed by atoms with Gasteiger partial charge in [-0.1, -0.05) is 24.3 Å². The minimum absolute atomic E-state index is 0.0121. The van der Waals surface area contributed by atoms with Crippen LogP contribution in [-0.2, 0) is 4.79 Å². The van der Waals surface area contributed by atoms with E-state index in [4.69, 9.17) is 4.74 Å². The second-order valence-corrected chi connectivity index (χ2v) is 7.19. The van der Waals surface area contributed by atoms with Gasteiger partial charge in [0.05, 0.1) is 10.5 Å². The molecule has 0 saturated heterocycles. The number of carbonyl (C=O) groups is 2. The first kappa shape index (κ1) is 23.3. The Bertz CT molecular complexity index is 1130. The van der Waals surface area contributed by atoms with Gasteiger partial charge in [-0.05, 0) is 48.9 Å². The zero-order chi connectivity index (χ0) is 23.6. The number of aryl methyl sites for hydroxylation is 1. The Morgan fingerprint density at radius 1 is 0.939 bits per heavy atom. The summed E-state index contributed by atoms with van der Waals surface area (Å²) in [7, 11) is 0. The summed E-state index contributed by atoms with van der Waals surface area (Å²) >= 11 is 0. The highest BCUT2D eigenvalue weighted by Crippen LogP contribution is 2.18. The van der Waals surface area contributed by atoms with E-state index >= 15 is 0 Å². The number of nitrogens with zero attached hydrogens (tertiary/aromatic N) is 1. The average Bonchev–Trinajstić information content (AvgIpc) is 2.81. The molecule has 0 aromatic heterocycles. The Morgan fingerprint density at radius 2 is 1.70 bits per heavy atom. The van der Waals surface area contributed by atoms with Crippen molar-refractivity contribution >= 4 is 28.9 Å². The zero-order valence-electron chi connectivity index (χ0n) is 18.0. The molecule has 0 saturated carbocycles. The van der Waals surface area contributed by atoms with Crippen LogP contribution in [0, 0.1) is 17.0 Å². The molecule has 3 N–H and O–H groups in total. The van der Waals surface area contributed by atoms with Crippen LogP contribution in [0.3, 0.4) is 0 Å². The van der Waals surface area contributed by atoms with Gasteiger partial charge >= 0.3 is 0 Å². The van der Waals surface area contributed by atoms with Gasteiger partial charge in [0.1, 0.15) is 5.75 Å². The maximum absolute atomic E-state index is 12.6. The first-order chi connectivity index (χ1) is 15.9. The van der Waals surface area contributed by atoms with Crippen molar-refractivity contribution < 1.29 is 19.2 Å². The summed E-state index contributed by atoms with van der Waals surface area (Å²) in [5, 5.41) is 19.3. The summed E-state index contributed by atoms with van der Waals surface area (Å²) in [6, 6.07) is 20.1. The lowest BCUT2D eigenvalue weighted by molar-refractivity contribution is -0.384. The number of rotatable bonds is 10. The van der Waals surface area contributed by atoms with Crippen LogP contribution in [0.2, 0.25) is 0 Å². The van der Waals surface area contributed by atoms with Crippen LogP contribution in [0.25, 0.3) is 0 Å². The highest BCUT2D eigenvalue weighted by Gasteiger charge is 2.13. The maximum atomic E-state index is 12.6. The number of nitrogens with one attached hydrogen (secondary N) is 3. The SMILES string of the molecule is Cc1cccc(NC(=O)COc2ccccc2C(=O)NCCNc2ccc([N+](=O)[O-])cc2)c1. The third-order valence-electron chi connectivity index (χ3n) is 4.61. The first-order valence-electron chi connectivity index (χ1n) is 10.3. The Balaban J connectivity index is 1.47. The number of ether oxygens (including phenoxy) is 1. The lowest BCUT2D eigenvalue weighted by Crippen LogP contribution is -2.29. The van der Waals surface area contributed by atoms with Gasteiger partial charge in [0.25, 0.3) is 17.5 Å². The number of amides is 2. The van der Waals surface area contributed by atoms with E-state index in [0.29, 0.717) is 35.8 Å². The topological polar surface area (TPSA) is 123 Å². The van der Waals surface area contributed by atoms with Crippen molar-refractivity contribution in [2.45, 2.75) is 6.92 Å². The number of non-ortho nitro benzene ring substituents is 1. The fraction of sp³-hybridized carbons (Fsp3) is 0.167. The summed E-state index contributed by atoms with van der Waals surface area (Å²) in [4.78, 5) is 35.0. The molecule has 0 radical (unpaired) electrons. The molecular weight excluding hydrogens is 424 g/mol. The van der Waals surface area contributed by atoms with Gasteiger partial charge in [-0.25, -0.2) is 0 Å². The van der Waals surface area contributed by atoms with Crippen LogP contribution in [0.4, 0.5) is 17.1 Å². The van der Waals surface area contributed by atoms with Crippen LogP contribution in [0.5, 0.6) is 5.75 Å². The molecule has 0 heterocycles. The number of anilines is 2. The quantitative estimate of drug-likeness (QED) is 0.247. The molecule has 0 aliphatic rings. The molecule has 3 rings (SSSR count). The van der Waals surface area contributed by atoms with Crippen molar-refractivity contribution in [3.63, 3.8) is 0 Å². The summed E-state index contributed by atoms with van der Waals surface area (Å²) in [6.45, 7) is 2.44. The average molecular weight is 448 g/mol. The fourth-order valence-electron chi connectivity index (χ4n) is 3.02. The monoisotopic (exact) mass is 448 g/mol. The van der Waals surface area contributed by atoms with Gasteiger partial charge < -0.3 is 20.7 Å². The first-order valence-corrected chi connectivity index (χ1v) is 10.3. The predicted octanol–water partition coefficient (Wildman–Crippen LogP) is 3.76. The molecule has 9 heteroatoms. The van der Waals surface area contributed by atoms with E-state index in [1.54, 1.807) is 42.5 Å². The van der Waals surface area contributed by atoms with Crippen LogP contribution in [-0.4, -0.2) is 36.4 Å². The van der Waals surface area contributed by atoms with Crippen molar-refractivity contribution in [3.05, 3.63) is 94.0 Å². The van der Waals surface area contributed by atoms with Gasteiger partial charge in [-0.2, -0.15) is 0 Å². The maximum Gasteiger partial charge on any atom is 0.269 e. The molecule has 0 aliphatic heterocycles. The van der Waals surface area contributed by atoms with Crippen molar-refractivity contribution in [2.24, 2.45) is 0 Å². The third-order valence-corrected chi connectivity index (χ3v) is 4.61. The van der Waals surface area contributed by atoms with E-state index in [0.717, 1.165) is 5.56 Å². The van der Waals surface area contributed by atoms with Crippen LogP contribution in [0.1, 0.15) is 15.9 Å². The van der Waals surface area contributed by atoms with E-state index in [9.17, 15) is 19.7 Å². The van der Waals surface area contributed by atoms with Gasteiger partial charge in [0, 0.05) is 36.6 Å². The highest BCUT2D eigenvalue weighted by atomic mass is 16.6. The fourth-order valence-corrected chi connectivity index (χ4v) is 3.02. The molecule has 9 nitrogen and oxygen atoms in total. The summed E-state index contributed by atoms with van der Waals surface area (Å²) in [5.74, 6) is -0.365. The number of nitro benzene ring substituents is 1. The van der Waals surface area contributed by atoms with Gasteiger partial charge in [-0.15, -0.1) is 0 Å². The summed E-state index contributed by atoms with van der Waals surface area (Å²) in [6.07, 6.45) is 0. The standard InChI is InChI=1S/C24H24N4O5/c1-17-5-4-6-19(15-17)27-23(29)16-33-22-8-3-2-7-21(22)24(30)26-14-13-25-18-9-11-20(12-10-18)28(31)32/h2-12,15,25H,13-14,16H2,1H3,(H,26,30)(H,27,29). The molecule has 3 aromatic carbocycles. The van der Waals surface area contributed by atoms with E-state index in [-0.39, 0.29) is 24.1 Å². The largest absolute Gasteiger partial charge is 0.483 e. The molecule has 0 atom stereocenters. The molecule has 2 amide bonds. The van der Waals surface area contributed by atoms with Gasteiger partial charge in [-0.3, -0.25) is 19.7 Å². The molecule has 3 aromatic rings. The highest BCUT2D eigenvalue weighted by molar-refractivity contribution is 5.97. The zero-order valence-corrected chi connectivity index (χ0v) is 18.0. The lowest BCUT2D eigenvalue weighted by Gasteiger charge is -2.12. The minimum atomic E-state index is -0.463. The van der Waals surface area contributed by atoms with Crippen molar-refractivity contribution in [1.82, 2.24) is 5.32 Å². The Labute approximate surface area is 190 Å². The van der Waals surface area contributed by atoms with Crippen molar-refractivity contribution in [3.8, 4) is 5.75 Å².